The number of rotatable bonds is 4. The summed E-state index contributed by atoms with van der Waals surface area (Å²) in [5, 5.41) is 0. The van der Waals surface area contributed by atoms with Crippen molar-refractivity contribution in [3.63, 3.8) is 0 Å². The predicted molar refractivity (Wildman–Crippen MR) is 135 cm³/mol. The number of aromatic nitrogens is 2. The van der Waals surface area contributed by atoms with E-state index in [0.717, 1.165) is 39.0 Å². The summed E-state index contributed by atoms with van der Waals surface area (Å²) in [6.45, 7) is 7.32. The number of carbonyl (C=O) groups excluding carboxylic acids is 1. The Balaban J connectivity index is 1.56. The molecule has 0 saturated carbocycles. The topological polar surface area (TPSA) is 67.2 Å². The van der Waals surface area contributed by atoms with Crippen molar-refractivity contribution < 1.29 is 9.53 Å². The first-order valence-electron chi connectivity index (χ1n) is 11.5. The van der Waals surface area contributed by atoms with E-state index in [2.05, 4.69) is 18.7 Å². The lowest BCUT2D eigenvalue weighted by Crippen LogP contribution is -2.40. The minimum Gasteiger partial charge on any atom is -0.376 e. The fourth-order valence-electron chi connectivity index (χ4n) is 5.07. The molecule has 0 unspecified atom stereocenters. The van der Waals surface area contributed by atoms with Gasteiger partial charge in [-0.25, -0.2) is 4.98 Å². The van der Waals surface area contributed by atoms with Gasteiger partial charge in [0.25, 0.3) is 11.5 Å². The van der Waals surface area contributed by atoms with Gasteiger partial charge in [-0.3, -0.25) is 18.9 Å². The predicted octanol–water partition coefficient (Wildman–Crippen LogP) is 3.56. The van der Waals surface area contributed by atoms with Gasteiger partial charge in [-0.1, -0.05) is 43.9 Å². The number of hydrogen-bond donors (Lipinski definition) is 0. The van der Waals surface area contributed by atoms with E-state index in [0.29, 0.717) is 44.6 Å². The van der Waals surface area contributed by atoms with Crippen LogP contribution in [0.25, 0.3) is 11.7 Å². The van der Waals surface area contributed by atoms with Crippen molar-refractivity contribution >= 4 is 51.7 Å². The Kier molecular flexibility index (Phi) is 6.28. The van der Waals surface area contributed by atoms with Gasteiger partial charge in [-0.05, 0) is 49.3 Å². The summed E-state index contributed by atoms with van der Waals surface area (Å²) in [7, 11) is 0. The number of thiocarbonyl (C=S) groups is 1. The number of hydrogen-bond acceptors (Lipinski definition) is 7. The number of ether oxygens (including phenoxy) is 1. The molecule has 5 heterocycles. The van der Waals surface area contributed by atoms with Crippen LogP contribution in [0, 0.1) is 11.8 Å². The summed E-state index contributed by atoms with van der Waals surface area (Å²) >= 11 is 6.76. The second-order valence-corrected chi connectivity index (χ2v) is 11.0. The van der Waals surface area contributed by atoms with Gasteiger partial charge < -0.3 is 9.64 Å². The minimum absolute atomic E-state index is 0.0201. The van der Waals surface area contributed by atoms with Crippen molar-refractivity contribution in [2.45, 2.75) is 39.2 Å². The lowest BCUT2D eigenvalue weighted by atomic mass is 9.91. The smallest absolute Gasteiger partial charge is 0.267 e. The number of carbonyl (C=O) groups is 1. The first-order chi connectivity index (χ1) is 15.9. The third kappa shape index (κ3) is 4.46. The normalized spacial score (nSPS) is 27.3. The van der Waals surface area contributed by atoms with Gasteiger partial charge in [0.2, 0.25) is 0 Å². The van der Waals surface area contributed by atoms with Crippen molar-refractivity contribution in [2.75, 3.05) is 31.1 Å². The SMILES string of the molecule is C[C@H]1C[C@H](C)CN(c2nc3ccccn3c(=O)c2/C=C2/SC(=S)N(C[C@@H]3CCCO3)C2=O)C1. The van der Waals surface area contributed by atoms with Gasteiger partial charge in [0.05, 0.1) is 23.1 Å². The number of piperidine rings is 1. The molecule has 3 fully saturated rings. The first kappa shape index (κ1) is 22.6. The fraction of sp³-hybridized carbons (Fsp3) is 0.500. The second-order valence-electron chi connectivity index (χ2n) is 9.36. The number of nitrogens with zero attached hydrogens (tertiary/aromatic N) is 4. The van der Waals surface area contributed by atoms with Gasteiger partial charge in [-0.15, -0.1) is 0 Å². The highest BCUT2D eigenvalue weighted by Gasteiger charge is 2.35. The Bertz CT molecular complexity index is 1180. The van der Waals surface area contributed by atoms with Crippen LogP contribution in [-0.2, 0) is 9.53 Å². The van der Waals surface area contributed by atoms with Crippen LogP contribution in [0.4, 0.5) is 5.82 Å². The maximum atomic E-state index is 13.6. The van der Waals surface area contributed by atoms with Crippen LogP contribution in [-0.4, -0.2) is 56.9 Å². The van der Waals surface area contributed by atoms with Crippen LogP contribution < -0.4 is 10.5 Å². The number of fused-ring (bicyclic) bond motifs is 1. The largest absolute Gasteiger partial charge is 0.376 e. The van der Waals surface area contributed by atoms with Crippen LogP contribution in [0.15, 0.2) is 34.1 Å². The first-order valence-corrected chi connectivity index (χ1v) is 12.8. The highest BCUT2D eigenvalue weighted by molar-refractivity contribution is 8.26. The van der Waals surface area contributed by atoms with E-state index >= 15 is 0 Å². The van der Waals surface area contributed by atoms with E-state index in [1.165, 1.54) is 11.8 Å². The second kappa shape index (κ2) is 9.19. The van der Waals surface area contributed by atoms with Crippen LogP contribution in [0.2, 0.25) is 0 Å². The molecule has 7 nitrogen and oxygen atoms in total. The average Bonchev–Trinajstić information content (AvgIpc) is 3.39. The maximum absolute atomic E-state index is 13.6. The molecule has 0 aromatic carbocycles. The number of thioether (sulfide) groups is 1. The molecule has 3 aliphatic heterocycles. The Morgan fingerprint density at radius 1 is 1.24 bits per heavy atom. The fourth-order valence-corrected chi connectivity index (χ4v) is 6.33. The van der Waals surface area contributed by atoms with E-state index in [9.17, 15) is 9.59 Å². The molecule has 9 heteroatoms. The van der Waals surface area contributed by atoms with Crippen molar-refractivity contribution in [1.82, 2.24) is 14.3 Å². The quantitative estimate of drug-likeness (QED) is 0.486. The molecule has 33 heavy (non-hydrogen) atoms. The lowest BCUT2D eigenvalue weighted by molar-refractivity contribution is -0.123. The molecule has 2 aromatic rings. The zero-order valence-corrected chi connectivity index (χ0v) is 20.5. The lowest BCUT2D eigenvalue weighted by Gasteiger charge is -2.36. The summed E-state index contributed by atoms with van der Waals surface area (Å²) in [6, 6.07) is 5.53. The molecular weight excluding hydrogens is 456 g/mol. The Morgan fingerprint density at radius 3 is 2.76 bits per heavy atom. The molecule has 0 spiro atoms. The van der Waals surface area contributed by atoms with Gasteiger partial charge in [0.1, 0.15) is 15.8 Å². The molecule has 0 N–H and O–H groups in total. The highest BCUT2D eigenvalue weighted by Crippen LogP contribution is 2.35. The maximum Gasteiger partial charge on any atom is 0.267 e. The molecule has 1 amide bonds. The van der Waals surface area contributed by atoms with Crippen LogP contribution in [0.1, 0.15) is 38.7 Å². The highest BCUT2D eigenvalue weighted by atomic mass is 32.2. The summed E-state index contributed by atoms with van der Waals surface area (Å²) in [5.74, 6) is 1.49. The molecule has 3 aliphatic rings. The molecule has 5 rings (SSSR count). The van der Waals surface area contributed by atoms with Crippen molar-refractivity contribution in [1.29, 1.82) is 0 Å². The third-order valence-electron chi connectivity index (χ3n) is 6.48. The van der Waals surface area contributed by atoms with E-state index in [1.807, 2.05) is 18.2 Å². The Morgan fingerprint density at radius 2 is 2.03 bits per heavy atom. The van der Waals surface area contributed by atoms with Crippen molar-refractivity contribution in [3.05, 3.63) is 45.2 Å². The summed E-state index contributed by atoms with van der Waals surface area (Å²) < 4.78 is 7.75. The standard InChI is InChI=1S/C24H28N4O3S2/c1-15-10-16(2)13-26(12-15)21-18(22(29)27-8-4-3-7-20(27)25-21)11-19-23(30)28(24(32)33-19)14-17-6-5-9-31-17/h3-4,7-8,11,15-17H,5-6,9-10,12-14H2,1-2H3/b19-11+/t15-,16-,17-/m0/s1. The zero-order chi connectivity index (χ0) is 23.1. The summed E-state index contributed by atoms with van der Waals surface area (Å²) in [5.41, 5.74) is 0.870. The minimum atomic E-state index is -0.175. The summed E-state index contributed by atoms with van der Waals surface area (Å²) in [4.78, 5) is 35.9. The third-order valence-corrected chi connectivity index (χ3v) is 7.85. The summed E-state index contributed by atoms with van der Waals surface area (Å²) in [6.07, 6.45) is 6.53. The van der Waals surface area contributed by atoms with E-state index in [1.54, 1.807) is 21.6 Å². The van der Waals surface area contributed by atoms with Crippen LogP contribution >= 0.6 is 24.0 Å². The molecule has 3 atom stereocenters. The van der Waals surface area contributed by atoms with E-state index in [-0.39, 0.29) is 17.6 Å². The van der Waals surface area contributed by atoms with Gasteiger partial charge >= 0.3 is 0 Å². The zero-order valence-electron chi connectivity index (χ0n) is 18.9. The number of anilines is 1. The van der Waals surface area contributed by atoms with Gasteiger partial charge in [-0.2, -0.15) is 0 Å². The molecule has 3 saturated heterocycles. The molecule has 0 radical (unpaired) electrons. The van der Waals surface area contributed by atoms with Crippen molar-refractivity contribution in [3.8, 4) is 0 Å². The molecule has 0 bridgehead atoms. The van der Waals surface area contributed by atoms with Gasteiger partial charge in [0.15, 0.2) is 0 Å². The van der Waals surface area contributed by atoms with Crippen LogP contribution in [0.3, 0.4) is 0 Å². The van der Waals surface area contributed by atoms with E-state index in [4.69, 9.17) is 21.9 Å². The molecule has 2 aromatic heterocycles. The Hall–Kier alpha value is -2.23. The Labute approximate surface area is 202 Å². The van der Waals surface area contributed by atoms with E-state index < -0.39 is 0 Å². The number of amides is 1. The monoisotopic (exact) mass is 484 g/mol. The molecule has 174 valence electrons. The van der Waals surface area contributed by atoms with Gasteiger partial charge in [0, 0.05) is 25.9 Å². The molecule has 0 aliphatic carbocycles. The molecular formula is C24H28N4O3S2. The number of pyridine rings is 1. The van der Waals surface area contributed by atoms with Crippen molar-refractivity contribution in [2.24, 2.45) is 11.8 Å². The van der Waals surface area contributed by atoms with Crippen LogP contribution in [0.5, 0.6) is 0 Å². The average molecular weight is 485 g/mol.